The number of carbonyl (C=O) groups is 2. The van der Waals surface area contributed by atoms with Gasteiger partial charge in [0.1, 0.15) is 10.8 Å². The van der Waals surface area contributed by atoms with Crippen LogP contribution in [-0.2, 0) is 0 Å². The van der Waals surface area contributed by atoms with Crippen LogP contribution >= 0.6 is 23.2 Å². The second kappa shape index (κ2) is 7.02. The number of Topliss-reactive ketones (excluding diaryl/α,β-unsaturated/α-hetero) is 1. The summed E-state index contributed by atoms with van der Waals surface area (Å²) in [6.07, 6.45) is 0. The fourth-order valence-corrected chi connectivity index (χ4v) is 3.46. The lowest BCUT2D eigenvalue weighted by Crippen LogP contribution is -2.14. The highest BCUT2D eigenvalue weighted by atomic mass is 35.5. The highest BCUT2D eigenvalue weighted by molar-refractivity contribution is 6.41. The van der Waals surface area contributed by atoms with Crippen molar-refractivity contribution in [2.24, 2.45) is 0 Å². The van der Waals surface area contributed by atoms with Crippen LogP contribution in [0.2, 0.25) is 10.0 Å². The van der Waals surface area contributed by atoms with Crippen molar-refractivity contribution in [1.82, 2.24) is 0 Å². The van der Waals surface area contributed by atoms with Crippen LogP contribution < -0.4 is 5.32 Å². The van der Waals surface area contributed by atoms with E-state index in [0.717, 1.165) is 6.07 Å². The maximum absolute atomic E-state index is 12.7. The van der Waals surface area contributed by atoms with Crippen molar-refractivity contribution < 1.29 is 18.9 Å². The molecule has 1 aromatic heterocycles. The van der Waals surface area contributed by atoms with Crippen LogP contribution in [0.5, 0.6) is 0 Å². The van der Waals surface area contributed by atoms with Crippen molar-refractivity contribution in [3.05, 3.63) is 67.4 Å². The molecule has 0 saturated heterocycles. The summed E-state index contributed by atoms with van der Waals surface area (Å²) in [5.74, 6) is -0.482. The molecule has 2 aromatic carbocycles. The molecule has 1 amide bonds. The second-order valence-electron chi connectivity index (χ2n) is 5.74. The molecular weight excluding hydrogens is 395 g/mol. The fourth-order valence-electron chi connectivity index (χ4n) is 2.85. The van der Waals surface area contributed by atoms with Gasteiger partial charge in [-0.05, 0) is 26.0 Å². The largest absolute Gasteiger partial charge is 0.458 e. The topological polar surface area (TPSA) is 102 Å². The van der Waals surface area contributed by atoms with E-state index < -0.39 is 16.5 Å². The van der Waals surface area contributed by atoms with Gasteiger partial charge in [-0.3, -0.25) is 19.7 Å². The Balaban J connectivity index is 2.08. The van der Waals surface area contributed by atoms with Crippen LogP contribution in [0.4, 0.5) is 11.4 Å². The van der Waals surface area contributed by atoms with Gasteiger partial charge in [-0.25, -0.2) is 0 Å². The molecule has 7 nitrogen and oxygen atoms in total. The number of nitrogens with one attached hydrogen (secondary N) is 1. The fraction of sp³-hybridized carbons (Fsp3) is 0.111. The summed E-state index contributed by atoms with van der Waals surface area (Å²) >= 11 is 12.0. The number of benzene rings is 2. The van der Waals surface area contributed by atoms with Gasteiger partial charge in [0.25, 0.3) is 11.6 Å². The molecule has 0 aliphatic heterocycles. The third kappa shape index (κ3) is 3.27. The first-order valence-corrected chi connectivity index (χ1v) is 8.44. The van der Waals surface area contributed by atoms with Gasteiger partial charge in [-0.15, -0.1) is 0 Å². The molecule has 9 heteroatoms. The Labute approximate surface area is 163 Å². The summed E-state index contributed by atoms with van der Waals surface area (Å²) in [4.78, 5) is 34.9. The van der Waals surface area contributed by atoms with Crippen LogP contribution in [0.1, 0.15) is 33.4 Å². The van der Waals surface area contributed by atoms with Crippen LogP contribution in [0, 0.1) is 17.0 Å². The van der Waals surface area contributed by atoms with Gasteiger partial charge in [-0.1, -0.05) is 35.3 Å². The zero-order valence-electron chi connectivity index (χ0n) is 14.1. The van der Waals surface area contributed by atoms with Gasteiger partial charge in [-0.2, -0.15) is 0 Å². The summed E-state index contributed by atoms with van der Waals surface area (Å²) in [6.45, 7) is 3.07. The van der Waals surface area contributed by atoms with Gasteiger partial charge < -0.3 is 9.73 Å². The molecule has 3 rings (SSSR count). The molecule has 0 saturated carbocycles. The maximum Gasteiger partial charge on any atom is 0.288 e. The number of para-hydroxylation sites is 1. The lowest BCUT2D eigenvalue weighted by molar-refractivity contribution is -0.384. The van der Waals surface area contributed by atoms with E-state index in [9.17, 15) is 19.7 Å². The lowest BCUT2D eigenvalue weighted by Gasteiger charge is -2.09. The molecule has 0 aliphatic carbocycles. The van der Waals surface area contributed by atoms with Gasteiger partial charge in [0.2, 0.25) is 0 Å². The van der Waals surface area contributed by atoms with Gasteiger partial charge in [0, 0.05) is 11.5 Å². The number of halogens is 2. The summed E-state index contributed by atoms with van der Waals surface area (Å²) in [5, 5.41) is 13.8. The van der Waals surface area contributed by atoms with E-state index in [1.54, 1.807) is 25.1 Å². The number of ketones is 1. The molecule has 0 radical (unpaired) electrons. The van der Waals surface area contributed by atoms with E-state index in [-0.39, 0.29) is 27.1 Å². The first-order chi connectivity index (χ1) is 12.7. The highest BCUT2D eigenvalue weighted by Gasteiger charge is 2.25. The Hall–Kier alpha value is -2.90. The number of hydrogen-bond donors (Lipinski definition) is 1. The zero-order valence-corrected chi connectivity index (χ0v) is 15.6. The SMILES string of the molecule is CC(=O)c1c(C)oc2c(NC(=O)c3c(Cl)ccc([N+](=O)[O-])c3Cl)cccc12. The number of nitrogens with zero attached hydrogens (tertiary/aromatic N) is 1. The average Bonchev–Trinajstić information content (AvgIpc) is 2.91. The molecule has 138 valence electrons. The normalized spacial score (nSPS) is 10.8. The zero-order chi connectivity index (χ0) is 19.9. The number of carbonyl (C=O) groups excluding carboxylic acids is 2. The van der Waals surface area contributed by atoms with Crippen molar-refractivity contribution in [1.29, 1.82) is 0 Å². The van der Waals surface area contributed by atoms with E-state index in [0.29, 0.717) is 22.3 Å². The number of aryl methyl sites for hydroxylation is 1. The monoisotopic (exact) mass is 406 g/mol. The molecule has 27 heavy (non-hydrogen) atoms. The van der Waals surface area contributed by atoms with E-state index in [2.05, 4.69) is 5.32 Å². The molecule has 0 atom stereocenters. The minimum atomic E-state index is -0.736. The Bertz CT molecular complexity index is 1120. The third-order valence-electron chi connectivity index (χ3n) is 3.99. The second-order valence-corrected chi connectivity index (χ2v) is 6.52. The average molecular weight is 407 g/mol. The first-order valence-electron chi connectivity index (χ1n) is 7.69. The number of rotatable bonds is 4. The van der Waals surface area contributed by atoms with E-state index >= 15 is 0 Å². The first kappa shape index (κ1) is 18.9. The number of amides is 1. The molecule has 0 fully saturated rings. The minimum Gasteiger partial charge on any atom is -0.458 e. The molecule has 3 aromatic rings. The summed E-state index contributed by atoms with van der Waals surface area (Å²) in [7, 11) is 0. The summed E-state index contributed by atoms with van der Waals surface area (Å²) < 4.78 is 5.64. The number of hydrogen-bond acceptors (Lipinski definition) is 5. The standard InChI is InChI=1S/C18H12Cl2N2O5/c1-8(23)14-9(2)27-17-10(14)4-3-5-12(17)21-18(24)15-11(19)6-7-13(16(15)20)22(25)26/h3-7H,1-2H3,(H,21,24). The molecular formula is C18H12Cl2N2O5. The highest BCUT2D eigenvalue weighted by Crippen LogP contribution is 2.35. The lowest BCUT2D eigenvalue weighted by atomic mass is 10.1. The van der Waals surface area contributed by atoms with Crippen LogP contribution in [0.3, 0.4) is 0 Å². The smallest absolute Gasteiger partial charge is 0.288 e. The molecule has 1 heterocycles. The van der Waals surface area contributed by atoms with Gasteiger partial charge in [0.05, 0.1) is 26.8 Å². The summed E-state index contributed by atoms with van der Waals surface area (Å²) in [6, 6.07) is 7.27. The third-order valence-corrected chi connectivity index (χ3v) is 4.68. The Morgan fingerprint density at radius 2 is 1.85 bits per heavy atom. The molecule has 0 aliphatic rings. The van der Waals surface area contributed by atoms with Crippen LogP contribution in [0.15, 0.2) is 34.7 Å². The minimum absolute atomic E-state index is 0.0321. The van der Waals surface area contributed by atoms with Gasteiger partial charge >= 0.3 is 0 Å². The van der Waals surface area contributed by atoms with Crippen LogP contribution in [-0.4, -0.2) is 16.6 Å². The predicted octanol–water partition coefficient (Wildman–Crippen LogP) is 5.41. The van der Waals surface area contributed by atoms with E-state index in [4.69, 9.17) is 27.6 Å². The molecule has 0 spiro atoms. The Morgan fingerprint density at radius 1 is 1.15 bits per heavy atom. The number of nitro groups is 1. The summed E-state index contributed by atoms with van der Waals surface area (Å²) in [5.41, 5.74) is 0.363. The number of fused-ring (bicyclic) bond motifs is 1. The van der Waals surface area contributed by atoms with E-state index in [1.807, 2.05) is 0 Å². The molecule has 0 unspecified atom stereocenters. The van der Waals surface area contributed by atoms with Crippen molar-refractivity contribution >= 4 is 57.2 Å². The van der Waals surface area contributed by atoms with Crippen molar-refractivity contribution in [3.63, 3.8) is 0 Å². The number of anilines is 1. The van der Waals surface area contributed by atoms with Crippen molar-refractivity contribution in [2.45, 2.75) is 13.8 Å². The van der Waals surface area contributed by atoms with Gasteiger partial charge in [0.15, 0.2) is 11.4 Å². The Kier molecular flexibility index (Phi) is 4.91. The predicted molar refractivity (Wildman–Crippen MR) is 102 cm³/mol. The maximum atomic E-state index is 12.7. The Morgan fingerprint density at radius 3 is 2.48 bits per heavy atom. The quantitative estimate of drug-likeness (QED) is 0.354. The number of furan rings is 1. The van der Waals surface area contributed by atoms with E-state index in [1.165, 1.54) is 13.0 Å². The van der Waals surface area contributed by atoms with Crippen LogP contribution in [0.25, 0.3) is 11.0 Å². The van der Waals surface area contributed by atoms with Crippen molar-refractivity contribution in [3.8, 4) is 0 Å². The molecule has 0 bridgehead atoms. The van der Waals surface area contributed by atoms with Crippen molar-refractivity contribution in [2.75, 3.05) is 5.32 Å². The molecule has 1 N–H and O–H groups in total. The number of nitro benzene ring substituents is 1.